The molecule has 0 unspecified atom stereocenters. The number of nitrogens with one attached hydrogen (secondary N) is 1. The molecule has 33 heavy (non-hydrogen) atoms. The van der Waals surface area contributed by atoms with Crippen LogP contribution in [0.25, 0.3) is 11.3 Å². The Morgan fingerprint density at radius 3 is 2.58 bits per heavy atom. The number of anilines is 2. The first-order chi connectivity index (χ1) is 15.9. The molecule has 0 spiro atoms. The molecule has 0 amide bonds. The molecule has 0 saturated heterocycles. The zero-order chi connectivity index (χ0) is 23.3. The maximum absolute atomic E-state index is 13.6. The number of thiazole rings is 1. The van der Waals surface area contributed by atoms with Gasteiger partial charge in [-0.15, -0.1) is 11.3 Å². The molecule has 0 aliphatic heterocycles. The van der Waals surface area contributed by atoms with Gasteiger partial charge in [-0.2, -0.15) is 13.2 Å². The number of hydrogen-bond acceptors (Lipinski definition) is 5. The van der Waals surface area contributed by atoms with E-state index in [0.29, 0.717) is 29.2 Å². The zero-order valence-electron chi connectivity index (χ0n) is 17.3. The molecular weight excluding hydrogens is 454 g/mol. The number of aromatic nitrogens is 2. The van der Waals surface area contributed by atoms with Crippen molar-refractivity contribution >= 4 is 22.2 Å². The molecule has 0 fully saturated rings. The Kier molecular flexibility index (Phi) is 6.88. The third-order valence-electron chi connectivity index (χ3n) is 4.77. The van der Waals surface area contributed by atoms with Crippen molar-refractivity contribution in [3.8, 4) is 17.0 Å². The summed E-state index contributed by atoms with van der Waals surface area (Å²) < 4.78 is 59.5. The van der Waals surface area contributed by atoms with Gasteiger partial charge in [-0.1, -0.05) is 6.07 Å². The highest BCUT2D eigenvalue weighted by molar-refractivity contribution is 7.14. The minimum absolute atomic E-state index is 0.151. The van der Waals surface area contributed by atoms with Crippen LogP contribution in [0.3, 0.4) is 0 Å². The van der Waals surface area contributed by atoms with E-state index in [0.717, 1.165) is 11.6 Å². The van der Waals surface area contributed by atoms with Gasteiger partial charge in [-0.3, -0.25) is 4.98 Å². The van der Waals surface area contributed by atoms with E-state index in [1.165, 1.54) is 35.6 Å². The van der Waals surface area contributed by atoms with Crippen LogP contribution in [0.4, 0.5) is 28.4 Å². The van der Waals surface area contributed by atoms with E-state index in [2.05, 4.69) is 15.3 Å². The lowest BCUT2D eigenvalue weighted by molar-refractivity contribution is -0.138. The van der Waals surface area contributed by atoms with E-state index in [1.54, 1.807) is 29.9 Å². The molecule has 2 aromatic carbocycles. The third-order valence-corrected chi connectivity index (χ3v) is 5.53. The summed E-state index contributed by atoms with van der Waals surface area (Å²) in [6.45, 7) is 0.151. The molecule has 0 radical (unpaired) electrons. The molecule has 2 heterocycles. The number of aryl methyl sites for hydroxylation is 1. The van der Waals surface area contributed by atoms with Gasteiger partial charge in [0.2, 0.25) is 0 Å². The standard InChI is InChI=1S/C24H19F4N3OS/c25-18-7-5-17(6-8-18)21-15-33-23(31-21)30-19-9-10-22(20(13-19)24(26,27)28)32-12-2-4-16-3-1-11-29-14-16/h1,3,5-11,13-15H,2,4,12H2,(H,30,31). The average Bonchev–Trinajstić information content (AvgIpc) is 3.26. The van der Waals surface area contributed by atoms with Crippen molar-refractivity contribution in [1.82, 2.24) is 9.97 Å². The number of pyridine rings is 1. The van der Waals surface area contributed by atoms with Gasteiger partial charge in [0.05, 0.1) is 17.9 Å². The fourth-order valence-corrected chi connectivity index (χ4v) is 3.91. The summed E-state index contributed by atoms with van der Waals surface area (Å²) in [6.07, 6.45) is 0.0459. The van der Waals surface area contributed by atoms with E-state index in [4.69, 9.17) is 4.74 Å². The van der Waals surface area contributed by atoms with Crippen molar-refractivity contribution < 1.29 is 22.3 Å². The molecular formula is C24H19F4N3OS. The minimum atomic E-state index is -4.57. The number of nitrogens with zero attached hydrogens (tertiary/aromatic N) is 2. The molecule has 1 N–H and O–H groups in total. The average molecular weight is 473 g/mol. The topological polar surface area (TPSA) is 47.0 Å². The van der Waals surface area contributed by atoms with Crippen LogP contribution >= 0.6 is 11.3 Å². The number of halogens is 4. The molecule has 0 aliphatic carbocycles. The Bertz CT molecular complexity index is 1190. The van der Waals surface area contributed by atoms with Crippen molar-refractivity contribution in [1.29, 1.82) is 0 Å². The Morgan fingerprint density at radius 1 is 1.03 bits per heavy atom. The number of benzene rings is 2. The molecule has 0 atom stereocenters. The molecule has 9 heteroatoms. The van der Waals surface area contributed by atoms with Gasteiger partial charge < -0.3 is 10.1 Å². The molecule has 170 valence electrons. The summed E-state index contributed by atoms with van der Waals surface area (Å²) in [6, 6.07) is 13.4. The number of ether oxygens (including phenoxy) is 1. The molecule has 2 aromatic heterocycles. The highest BCUT2D eigenvalue weighted by Crippen LogP contribution is 2.39. The highest BCUT2D eigenvalue weighted by atomic mass is 32.1. The summed E-state index contributed by atoms with van der Waals surface area (Å²) >= 11 is 1.24. The predicted octanol–water partition coefficient (Wildman–Crippen LogP) is 7.12. The number of rotatable bonds is 8. The lowest BCUT2D eigenvalue weighted by Gasteiger charge is -2.15. The van der Waals surface area contributed by atoms with Crippen LogP contribution in [0.5, 0.6) is 5.75 Å². The number of alkyl halides is 3. The summed E-state index contributed by atoms with van der Waals surface area (Å²) in [7, 11) is 0. The second-order valence-electron chi connectivity index (χ2n) is 7.19. The first-order valence-electron chi connectivity index (χ1n) is 10.1. The van der Waals surface area contributed by atoms with E-state index in [1.807, 2.05) is 12.1 Å². The molecule has 4 aromatic rings. The summed E-state index contributed by atoms with van der Waals surface area (Å²) in [4.78, 5) is 8.39. The highest BCUT2D eigenvalue weighted by Gasteiger charge is 2.34. The lowest BCUT2D eigenvalue weighted by Crippen LogP contribution is -2.10. The Hall–Kier alpha value is -3.46. The van der Waals surface area contributed by atoms with Gasteiger partial charge in [0.25, 0.3) is 0 Å². The van der Waals surface area contributed by atoms with E-state index >= 15 is 0 Å². The van der Waals surface area contributed by atoms with Crippen LogP contribution in [-0.2, 0) is 12.6 Å². The quantitative estimate of drug-likeness (QED) is 0.219. The molecule has 4 rings (SSSR count). The largest absolute Gasteiger partial charge is 0.493 e. The fourth-order valence-electron chi connectivity index (χ4n) is 3.17. The second-order valence-corrected chi connectivity index (χ2v) is 8.05. The van der Waals surface area contributed by atoms with Crippen LogP contribution in [0.1, 0.15) is 17.5 Å². The third kappa shape index (κ3) is 6.07. The molecule has 0 saturated carbocycles. The van der Waals surface area contributed by atoms with Gasteiger partial charge in [0, 0.05) is 29.0 Å². The monoisotopic (exact) mass is 473 g/mol. The van der Waals surface area contributed by atoms with Crippen LogP contribution < -0.4 is 10.1 Å². The lowest BCUT2D eigenvalue weighted by atomic mass is 10.1. The van der Waals surface area contributed by atoms with E-state index in [-0.39, 0.29) is 23.9 Å². The molecule has 4 nitrogen and oxygen atoms in total. The van der Waals surface area contributed by atoms with Crippen molar-refractivity contribution in [3.05, 3.63) is 89.3 Å². The van der Waals surface area contributed by atoms with Gasteiger partial charge in [-0.05, 0) is 66.9 Å². The van der Waals surface area contributed by atoms with Crippen LogP contribution in [0.2, 0.25) is 0 Å². The zero-order valence-corrected chi connectivity index (χ0v) is 18.1. The van der Waals surface area contributed by atoms with Gasteiger partial charge in [-0.25, -0.2) is 9.37 Å². The van der Waals surface area contributed by atoms with Gasteiger partial charge >= 0.3 is 6.18 Å². The second kappa shape index (κ2) is 9.99. The maximum Gasteiger partial charge on any atom is 0.420 e. The van der Waals surface area contributed by atoms with Crippen LogP contribution in [0, 0.1) is 5.82 Å². The Balaban J connectivity index is 1.43. The van der Waals surface area contributed by atoms with Crippen LogP contribution in [-0.4, -0.2) is 16.6 Å². The molecule has 0 bridgehead atoms. The minimum Gasteiger partial charge on any atom is -0.493 e. The summed E-state index contributed by atoms with van der Waals surface area (Å²) in [5, 5.41) is 5.08. The van der Waals surface area contributed by atoms with Crippen molar-refractivity contribution in [2.75, 3.05) is 11.9 Å². The van der Waals surface area contributed by atoms with Crippen molar-refractivity contribution in [3.63, 3.8) is 0 Å². The first-order valence-corrected chi connectivity index (χ1v) is 11.0. The SMILES string of the molecule is Fc1ccc(-c2csc(Nc3ccc(OCCCc4cccnc4)c(C(F)(F)F)c3)n2)cc1. The Morgan fingerprint density at radius 2 is 1.85 bits per heavy atom. The predicted molar refractivity (Wildman–Crippen MR) is 120 cm³/mol. The fraction of sp³-hybridized carbons (Fsp3) is 0.167. The van der Waals surface area contributed by atoms with Crippen molar-refractivity contribution in [2.45, 2.75) is 19.0 Å². The first kappa shape index (κ1) is 22.7. The normalized spacial score (nSPS) is 11.4. The van der Waals surface area contributed by atoms with Gasteiger partial charge in [0.15, 0.2) is 5.13 Å². The van der Waals surface area contributed by atoms with Gasteiger partial charge in [0.1, 0.15) is 11.6 Å². The van der Waals surface area contributed by atoms with E-state index in [9.17, 15) is 17.6 Å². The van der Waals surface area contributed by atoms with E-state index < -0.39 is 11.7 Å². The summed E-state index contributed by atoms with van der Waals surface area (Å²) in [5.74, 6) is -0.572. The number of hydrogen-bond donors (Lipinski definition) is 1. The Labute approximate surface area is 191 Å². The smallest absolute Gasteiger partial charge is 0.420 e. The summed E-state index contributed by atoms with van der Waals surface area (Å²) in [5.41, 5.74) is 1.70. The maximum atomic E-state index is 13.6. The molecule has 0 aliphatic rings. The van der Waals surface area contributed by atoms with Crippen LogP contribution in [0.15, 0.2) is 72.4 Å². The van der Waals surface area contributed by atoms with Crippen molar-refractivity contribution in [2.24, 2.45) is 0 Å².